The summed E-state index contributed by atoms with van der Waals surface area (Å²) in [5.41, 5.74) is 2.29. The molecule has 2 aromatic rings. The number of anilines is 1. The van der Waals surface area contributed by atoms with Crippen LogP contribution in [0.4, 0.5) is 5.69 Å². The first-order chi connectivity index (χ1) is 12.1. The van der Waals surface area contributed by atoms with Gasteiger partial charge in [-0.25, -0.2) is 0 Å². The SMILES string of the molecule is O=C(CSCc1cccc(Cl)c1)Nc1cccc(C(=O)NC2CC2)c1. The molecule has 2 N–H and O–H groups in total. The zero-order valence-electron chi connectivity index (χ0n) is 13.6. The summed E-state index contributed by atoms with van der Waals surface area (Å²) >= 11 is 7.47. The van der Waals surface area contributed by atoms with Gasteiger partial charge in [0.1, 0.15) is 0 Å². The molecule has 25 heavy (non-hydrogen) atoms. The molecule has 1 fully saturated rings. The summed E-state index contributed by atoms with van der Waals surface area (Å²) in [7, 11) is 0. The molecule has 130 valence electrons. The normalized spacial score (nSPS) is 13.3. The Morgan fingerprint density at radius 1 is 1.12 bits per heavy atom. The van der Waals surface area contributed by atoms with Gasteiger partial charge in [-0.3, -0.25) is 9.59 Å². The lowest BCUT2D eigenvalue weighted by atomic mass is 10.2. The number of thioether (sulfide) groups is 1. The number of amides is 2. The van der Waals surface area contributed by atoms with E-state index in [2.05, 4.69) is 10.6 Å². The Morgan fingerprint density at radius 3 is 2.68 bits per heavy atom. The molecule has 0 aliphatic heterocycles. The lowest BCUT2D eigenvalue weighted by Gasteiger charge is -2.08. The number of nitrogens with one attached hydrogen (secondary N) is 2. The van der Waals surface area contributed by atoms with Crippen LogP contribution in [0.15, 0.2) is 48.5 Å². The van der Waals surface area contributed by atoms with Crippen molar-refractivity contribution in [2.24, 2.45) is 0 Å². The maximum absolute atomic E-state index is 12.1. The van der Waals surface area contributed by atoms with Gasteiger partial charge < -0.3 is 10.6 Å². The summed E-state index contributed by atoms with van der Waals surface area (Å²) in [5.74, 6) is 0.878. The molecule has 0 atom stereocenters. The molecule has 2 aromatic carbocycles. The Balaban J connectivity index is 1.48. The molecule has 1 saturated carbocycles. The maximum atomic E-state index is 12.1. The molecule has 0 heterocycles. The molecule has 1 aliphatic carbocycles. The largest absolute Gasteiger partial charge is 0.349 e. The number of hydrogen-bond donors (Lipinski definition) is 2. The first kappa shape index (κ1) is 17.8. The summed E-state index contributed by atoms with van der Waals surface area (Å²) in [4.78, 5) is 24.1. The molecule has 0 spiro atoms. The van der Waals surface area contributed by atoms with Gasteiger partial charge in [0, 0.05) is 28.1 Å². The van der Waals surface area contributed by atoms with Crippen LogP contribution >= 0.6 is 23.4 Å². The molecule has 2 amide bonds. The fraction of sp³-hybridized carbons (Fsp3) is 0.263. The summed E-state index contributed by atoms with van der Waals surface area (Å²) in [6.45, 7) is 0. The minimum absolute atomic E-state index is 0.0890. The van der Waals surface area contributed by atoms with Gasteiger partial charge in [-0.05, 0) is 48.7 Å². The van der Waals surface area contributed by atoms with E-state index in [1.807, 2.05) is 24.3 Å². The van der Waals surface area contributed by atoms with E-state index in [1.54, 1.807) is 24.3 Å². The molecule has 0 saturated heterocycles. The number of carbonyl (C=O) groups excluding carboxylic acids is 2. The number of rotatable bonds is 7. The maximum Gasteiger partial charge on any atom is 0.251 e. The smallest absolute Gasteiger partial charge is 0.251 e. The zero-order valence-corrected chi connectivity index (χ0v) is 15.2. The second-order valence-electron chi connectivity index (χ2n) is 6.00. The Hall–Kier alpha value is -1.98. The minimum Gasteiger partial charge on any atom is -0.349 e. The van der Waals surface area contributed by atoms with Gasteiger partial charge >= 0.3 is 0 Å². The average molecular weight is 375 g/mol. The highest BCUT2D eigenvalue weighted by atomic mass is 35.5. The lowest BCUT2D eigenvalue weighted by Crippen LogP contribution is -2.25. The highest BCUT2D eigenvalue weighted by Crippen LogP contribution is 2.20. The fourth-order valence-corrected chi connectivity index (χ4v) is 3.31. The molecule has 1 aliphatic rings. The Kier molecular flexibility index (Phi) is 6.00. The first-order valence-electron chi connectivity index (χ1n) is 8.13. The van der Waals surface area contributed by atoms with Gasteiger partial charge in [0.15, 0.2) is 0 Å². The molecule has 0 aromatic heterocycles. The Morgan fingerprint density at radius 2 is 1.92 bits per heavy atom. The number of halogens is 1. The van der Waals surface area contributed by atoms with Crippen molar-refractivity contribution in [2.45, 2.75) is 24.6 Å². The van der Waals surface area contributed by atoms with Gasteiger partial charge in [0.25, 0.3) is 5.91 Å². The Bertz CT molecular complexity index is 778. The van der Waals surface area contributed by atoms with Gasteiger partial charge in [0.2, 0.25) is 5.91 Å². The summed E-state index contributed by atoms with van der Waals surface area (Å²) in [6, 6.07) is 14.9. The highest BCUT2D eigenvalue weighted by Gasteiger charge is 2.23. The molecule has 0 radical (unpaired) electrons. The third-order valence-electron chi connectivity index (χ3n) is 3.71. The van der Waals surface area contributed by atoms with Gasteiger partial charge in [-0.1, -0.05) is 29.8 Å². The van der Waals surface area contributed by atoms with Crippen LogP contribution < -0.4 is 10.6 Å². The monoisotopic (exact) mass is 374 g/mol. The van der Waals surface area contributed by atoms with Crippen LogP contribution in [-0.4, -0.2) is 23.6 Å². The number of carbonyl (C=O) groups is 2. The van der Waals surface area contributed by atoms with E-state index >= 15 is 0 Å². The van der Waals surface area contributed by atoms with Crippen molar-refractivity contribution in [3.63, 3.8) is 0 Å². The van der Waals surface area contributed by atoms with Crippen LogP contribution in [0.1, 0.15) is 28.8 Å². The van der Waals surface area contributed by atoms with Gasteiger partial charge in [-0.2, -0.15) is 0 Å². The Labute approximate surface area is 156 Å². The third-order valence-corrected chi connectivity index (χ3v) is 4.95. The highest BCUT2D eigenvalue weighted by molar-refractivity contribution is 7.99. The van der Waals surface area contributed by atoms with Gasteiger partial charge in [0.05, 0.1) is 5.75 Å². The van der Waals surface area contributed by atoms with Crippen molar-refractivity contribution >= 4 is 40.9 Å². The molecule has 0 unspecified atom stereocenters. The van der Waals surface area contributed by atoms with E-state index in [1.165, 1.54) is 11.8 Å². The van der Waals surface area contributed by atoms with Gasteiger partial charge in [-0.15, -0.1) is 11.8 Å². The molecule has 0 bridgehead atoms. The summed E-state index contributed by atoms with van der Waals surface area (Å²) in [6.07, 6.45) is 2.10. The number of hydrogen-bond acceptors (Lipinski definition) is 3. The molecular formula is C19H19ClN2O2S. The van der Waals surface area contributed by atoms with Crippen molar-refractivity contribution in [1.82, 2.24) is 5.32 Å². The minimum atomic E-state index is -0.0909. The van der Waals surface area contributed by atoms with E-state index in [-0.39, 0.29) is 11.8 Å². The van der Waals surface area contributed by atoms with Crippen LogP contribution in [0.5, 0.6) is 0 Å². The lowest BCUT2D eigenvalue weighted by molar-refractivity contribution is -0.113. The molecule has 3 rings (SSSR count). The molecular weight excluding hydrogens is 356 g/mol. The van der Waals surface area contributed by atoms with E-state index in [4.69, 9.17) is 11.6 Å². The second kappa shape index (κ2) is 8.41. The van der Waals surface area contributed by atoms with Crippen molar-refractivity contribution in [1.29, 1.82) is 0 Å². The summed E-state index contributed by atoms with van der Waals surface area (Å²) < 4.78 is 0. The van der Waals surface area contributed by atoms with Crippen LogP contribution in [0, 0.1) is 0 Å². The fourth-order valence-electron chi connectivity index (χ4n) is 2.32. The second-order valence-corrected chi connectivity index (χ2v) is 7.42. The van der Waals surface area contributed by atoms with Crippen LogP contribution in [-0.2, 0) is 10.5 Å². The van der Waals surface area contributed by atoms with Crippen LogP contribution in [0.2, 0.25) is 5.02 Å². The van der Waals surface area contributed by atoms with E-state index in [0.717, 1.165) is 24.2 Å². The molecule has 6 heteroatoms. The van der Waals surface area contributed by atoms with Crippen molar-refractivity contribution in [3.05, 3.63) is 64.7 Å². The zero-order chi connectivity index (χ0) is 17.6. The summed E-state index contributed by atoms with van der Waals surface area (Å²) in [5, 5.41) is 6.48. The number of benzene rings is 2. The topological polar surface area (TPSA) is 58.2 Å². The predicted molar refractivity (Wildman–Crippen MR) is 103 cm³/mol. The van der Waals surface area contributed by atoms with E-state index < -0.39 is 0 Å². The van der Waals surface area contributed by atoms with Crippen molar-refractivity contribution in [2.75, 3.05) is 11.1 Å². The molecule has 4 nitrogen and oxygen atoms in total. The average Bonchev–Trinajstić information content (AvgIpc) is 3.39. The predicted octanol–water partition coefficient (Wildman–Crippen LogP) is 4.10. The quantitative estimate of drug-likeness (QED) is 0.766. The van der Waals surface area contributed by atoms with E-state index in [0.29, 0.717) is 28.1 Å². The first-order valence-corrected chi connectivity index (χ1v) is 9.66. The standard InChI is InChI=1S/C19H19ClN2O2S/c20-15-5-1-3-13(9-15)11-25-12-18(23)21-17-6-2-4-14(10-17)19(24)22-16-7-8-16/h1-6,9-10,16H,7-8,11-12H2,(H,21,23)(H,22,24). The van der Waals surface area contributed by atoms with E-state index in [9.17, 15) is 9.59 Å². The van der Waals surface area contributed by atoms with Crippen LogP contribution in [0.25, 0.3) is 0 Å². The van der Waals surface area contributed by atoms with Crippen molar-refractivity contribution in [3.8, 4) is 0 Å². The van der Waals surface area contributed by atoms with Crippen LogP contribution in [0.3, 0.4) is 0 Å². The third kappa shape index (κ3) is 5.80. The van der Waals surface area contributed by atoms with Crippen molar-refractivity contribution < 1.29 is 9.59 Å².